The summed E-state index contributed by atoms with van der Waals surface area (Å²) in [6.45, 7) is 2.12. The van der Waals surface area contributed by atoms with Gasteiger partial charge in [-0.25, -0.2) is 9.79 Å². The van der Waals surface area contributed by atoms with E-state index in [2.05, 4.69) is 15.1 Å². The average molecular weight is 469 g/mol. The van der Waals surface area contributed by atoms with Crippen LogP contribution in [-0.2, 0) is 16.1 Å². The van der Waals surface area contributed by atoms with Crippen molar-refractivity contribution in [1.29, 1.82) is 0 Å². The Kier molecular flexibility index (Phi) is 8.34. The summed E-state index contributed by atoms with van der Waals surface area (Å²) < 4.78 is 20.5. The quantitative estimate of drug-likeness (QED) is 0.358. The fourth-order valence-corrected chi connectivity index (χ4v) is 3.48. The summed E-state index contributed by atoms with van der Waals surface area (Å²) in [6.07, 6.45) is 1.10. The second kappa shape index (κ2) is 11.4. The van der Waals surface area contributed by atoms with E-state index in [0.29, 0.717) is 40.5 Å². The number of amides is 1. The maximum Gasteiger partial charge on any atom is 0.434 e. The third kappa shape index (κ3) is 6.27. The molecule has 0 atom stereocenters. The monoisotopic (exact) mass is 468 g/mol. The summed E-state index contributed by atoms with van der Waals surface area (Å²) in [4.78, 5) is 25.0. The standard InChI is InChI=1S/C23H24N4O5S/c1-14-24-21(27-32-14)16-6-8-18(9-7-16)25-20(22(33-5)26-23(28)31-4)17-10-15(13-29-2)11-19(12-17)30-3/h6-12H,13H2,1-5H3/b25-20+,26-22-. The van der Waals surface area contributed by atoms with Crippen molar-refractivity contribution in [3.05, 3.63) is 59.5 Å². The van der Waals surface area contributed by atoms with E-state index in [4.69, 9.17) is 23.7 Å². The number of hydrogen-bond acceptors (Lipinski definition) is 9. The smallest absolute Gasteiger partial charge is 0.434 e. The molecule has 33 heavy (non-hydrogen) atoms. The largest absolute Gasteiger partial charge is 0.497 e. The molecule has 0 spiro atoms. The molecule has 9 nitrogen and oxygen atoms in total. The molecule has 0 radical (unpaired) electrons. The van der Waals surface area contributed by atoms with Gasteiger partial charge in [-0.05, 0) is 54.3 Å². The summed E-state index contributed by atoms with van der Waals surface area (Å²) in [6, 6.07) is 13.0. The Bertz CT molecular complexity index is 1170. The number of aromatic nitrogens is 2. The van der Waals surface area contributed by atoms with Crippen molar-refractivity contribution >= 4 is 34.3 Å². The van der Waals surface area contributed by atoms with Crippen LogP contribution in [0.4, 0.5) is 10.5 Å². The van der Waals surface area contributed by atoms with Crippen molar-refractivity contribution in [3.8, 4) is 17.1 Å². The van der Waals surface area contributed by atoms with Crippen LogP contribution in [0.15, 0.2) is 57.0 Å². The minimum Gasteiger partial charge on any atom is -0.497 e. The Morgan fingerprint density at radius 3 is 2.45 bits per heavy atom. The van der Waals surface area contributed by atoms with E-state index in [-0.39, 0.29) is 0 Å². The number of thioether (sulfide) groups is 1. The van der Waals surface area contributed by atoms with Crippen LogP contribution in [0.3, 0.4) is 0 Å². The number of benzene rings is 2. The normalized spacial score (nSPS) is 12.0. The van der Waals surface area contributed by atoms with Gasteiger partial charge in [0.1, 0.15) is 16.5 Å². The lowest BCUT2D eigenvalue weighted by Crippen LogP contribution is -2.15. The summed E-state index contributed by atoms with van der Waals surface area (Å²) in [7, 11) is 4.48. The van der Waals surface area contributed by atoms with Crippen molar-refractivity contribution in [1.82, 2.24) is 10.1 Å². The zero-order valence-corrected chi connectivity index (χ0v) is 19.8. The molecule has 0 aliphatic carbocycles. The molecule has 0 aliphatic heterocycles. The number of carbonyl (C=O) groups excluding carboxylic acids is 1. The molecule has 3 rings (SSSR count). The topological polar surface area (TPSA) is 108 Å². The molecule has 10 heteroatoms. The Morgan fingerprint density at radius 2 is 1.88 bits per heavy atom. The lowest BCUT2D eigenvalue weighted by molar-refractivity contribution is 0.182. The van der Waals surface area contributed by atoms with Gasteiger partial charge in [-0.3, -0.25) is 0 Å². The average Bonchev–Trinajstić information content (AvgIpc) is 3.27. The highest BCUT2D eigenvalue weighted by atomic mass is 32.2. The van der Waals surface area contributed by atoms with Gasteiger partial charge >= 0.3 is 6.09 Å². The number of rotatable bonds is 7. The zero-order chi connectivity index (χ0) is 23.8. The van der Waals surface area contributed by atoms with Crippen molar-refractivity contribution in [2.45, 2.75) is 13.5 Å². The second-order valence-corrected chi connectivity index (χ2v) is 7.53. The molecule has 2 aromatic carbocycles. The fraction of sp³-hybridized carbons (Fsp3) is 0.261. The molecule has 0 fully saturated rings. The van der Waals surface area contributed by atoms with E-state index >= 15 is 0 Å². The molecule has 3 aromatic rings. The minimum atomic E-state index is -0.713. The van der Waals surface area contributed by atoms with Gasteiger partial charge in [0, 0.05) is 25.2 Å². The van der Waals surface area contributed by atoms with Crippen LogP contribution in [0, 0.1) is 6.92 Å². The van der Waals surface area contributed by atoms with Crippen molar-refractivity contribution in [2.75, 3.05) is 27.6 Å². The lowest BCUT2D eigenvalue weighted by atomic mass is 10.1. The van der Waals surface area contributed by atoms with Gasteiger partial charge < -0.3 is 18.7 Å². The lowest BCUT2D eigenvalue weighted by Gasteiger charge is -2.12. The minimum absolute atomic E-state index is 0.388. The number of aryl methyl sites for hydroxylation is 1. The zero-order valence-electron chi connectivity index (χ0n) is 19.0. The fourth-order valence-electron chi connectivity index (χ4n) is 2.96. The van der Waals surface area contributed by atoms with Gasteiger partial charge in [-0.1, -0.05) is 5.16 Å². The maximum atomic E-state index is 11.9. The van der Waals surface area contributed by atoms with E-state index in [9.17, 15) is 4.79 Å². The van der Waals surface area contributed by atoms with Crippen molar-refractivity contribution in [2.24, 2.45) is 9.98 Å². The first-order chi connectivity index (χ1) is 16.0. The summed E-state index contributed by atoms with van der Waals surface area (Å²) in [5, 5.41) is 4.33. The highest BCUT2D eigenvalue weighted by Gasteiger charge is 2.17. The van der Waals surface area contributed by atoms with Gasteiger partial charge in [-0.2, -0.15) is 9.98 Å². The van der Waals surface area contributed by atoms with Gasteiger partial charge in [0.05, 0.1) is 26.5 Å². The SMILES string of the molecule is COCc1cc(OC)cc(C(=N\c2ccc(-c3noc(C)n3)cc2)/C(=N/C(=O)OC)SC)c1. The number of aliphatic imine (C=N–C) groups is 2. The molecule has 1 heterocycles. The van der Waals surface area contributed by atoms with Gasteiger partial charge in [0.25, 0.3) is 0 Å². The first-order valence-electron chi connectivity index (χ1n) is 9.85. The summed E-state index contributed by atoms with van der Waals surface area (Å²) >= 11 is 1.29. The van der Waals surface area contributed by atoms with Crippen LogP contribution in [0.2, 0.25) is 0 Å². The molecule has 1 aromatic heterocycles. The molecule has 0 saturated heterocycles. The number of methoxy groups -OCH3 is 3. The van der Waals surface area contributed by atoms with Crippen LogP contribution in [-0.4, -0.2) is 54.6 Å². The van der Waals surface area contributed by atoms with Crippen LogP contribution in [0.25, 0.3) is 11.4 Å². The predicted molar refractivity (Wildman–Crippen MR) is 128 cm³/mol. The number of carbonyl (C=O) groups is 1. The predicted octanol–water partition coefficient (Wildman–Crippen LogP) is 4.85. The third-order valence-electron chi connectivity index (χ3n) is 4.44. The first-order valence-corrected chi connectivity index (χ1v) is 11.1. The van der Waals surface area contributed by atoms with Gasteiger partial charge in [0.2, 0.25) is 11.7 Å². The highest BCUT2D eigenvalue weighted by molar-refractivity contribution is 8.15. The van der Waals surface area contributed by atoms with E-state index in [1.54, 1.807) is 21.1 Å². The number of hydrogen-bond donors (Lipinski definition) is 0. The molecule has 1 amide bonds. The van der Waals surface area contributed by atoms with Crippen LogP contribution in [0.5, 0.6) is 5.75 Å². The Morgan fingerprint density at radius 1 is 1.12 bits per heavy atom. The summed E-state index contributed by atoms with van der Waals surface area (Å²) in [5.41, 5.74) is 3.55. The van der Waals surface area contributed by atoms with Crippen LogP contribution in [0.1, 0.15) is 17.0 Å². The van der Waals surface area contributed by atoms with E-state index in [1.165, 1.54) is 18.9 Å². The van der Waals surface area contributed by atoms with Crippen LogP contribution >= 0.6 is 11.8 Å². The third-order valence-corrected chi connectivity index (χ3v) is 5.12. The number of ether oxygens (including phenoxy) is 3. The Balaban J connectivity index is 2.11. The second-order valence-electron chi connectivity index (χ2n) is 6.74. The molecule has 0 N–H and O–H groups in total. The maximum absolute atomic E-state index is 11.9. The Hall–Kier alpha value is -3.50. The van der Waals surface area contributed by atoms with Crippen molar-refractivity contribution in [3.63, 3.8) is 0 Å². The van der Waals surface area contributed by atoms with Crippen molar-refractivity contribution < 1.29 is 23.5 Å². The molecule has 0 aliphatic rings. The molecule has 172 valence electrons. The summed E-state index contributed by atoms with van der Waals surface area (Å²) in [5.74, 6) is 1.62. The first kappa shape index (κ1) is 24.1. The van der Waals surface area contributed by atoms with E-state index < -0.39 is 6.09 Å². The van der Waals surface area contributed by atoms with E-state index in [0.717, 1.165) is 16.7 Å². The number of nitrogens with zero attached hydrogens (tertiary/aromatic N) is 4. The molecule has 0 bridgehead atoms. The molecule has 0 saturated carbocycles. The molecular formula is C23H24N4O5S. The van der Waals surface area contributed by atoms with Crippen LogP contribution < -0.4 is 4.74 Å². The molecular weight excluding hydrogens is 444 g/mol. The van der Waals surface area contributed by atoms with Gasteiger partial charge in [0.15, 0.2) is 0 Å². The highest BCUT2D eigenvalue weighted by Crippen LogP contribution is 2.25. The Labute approximate surface area is 195 Å². The van der Waals surface area contributed by atoms with Gasteiger partial charge in [-0.15, -0.1) is 11.8 Å². The molecule has 0 unspecified atom stereocenters. The van der Waals surface area contributed by atoms with E-state index in [1.807, 2.05) is 48.7 Å².